The largest absolute Gasteiger partial charge is 0.481 e. The second-order valence-electron chi connectivity index (χ2n) is 11.5. The zero-order valence-electron chi connectivity index (χ0n) is 22.0. The summed E-state index contributed by atoms with van der Waals surface area (Å²) in [4.78, 5) is 11.9. The number of aliphatic hydroxyl groups is 3. The summed E-state index contributed by atoms with van der Waals surface area (Å²) in [7, 11) is 0. The fourth-order valence-electron chi connectivity index (χ4n) is 7.30. The van der Waals surface area contributed by atoms with Crippen LogP contribution >= 0.6 is 0 Å². The Kier molecular flexibility index (Phi) is 8.88. The normalized spacial score (nSPS) is 36.0. The van der Waals surface area contributed by atoms with Crippen molar-refractivity contribution in [2.24, 2.45) is 28.6 Å². The van der Waals surface area contributed by atoms with Crippen LogP contribution in [0.15, 0.2) is 47.6 Å². The minimum absolute atomic E-state index is 0.166. The predicted molar refractivity (Wildman–Crippen MR) is 140 cm³/mol. The first-order chi connectivity index (χ1) is 16.5. The Morgan fingerprint density at radius 2 is 1.89 bits per heavy atom. The van der Waals surface area contributed by atoms with Crippen molar-refractivity contribution in [1.82, 2.24) is 0 Å². The van der Waals surface area contributed by atoms with Gasteiger partial charge < -0.3 is 20.4 Å². The second kappa shape index (κ2) is 11.1. The Bertz CT molecular complexity index is 879. The minimum atomic E-state index is -1.13. The molecule has 3 rings (SSSR count). The molecule has 7 atom stereocenters. The molecule has 3 aliphatic carbocycles. The molecule has 0 aromatic heterocycles. The number of rotatable bonds is 8. The minimum Gasteiger partial charge on any atom is -0.481 e. The van der Waals surface area contributed by atoms with Gasteiger partial charge in [0.05, 0.1) is 23.7 Å². The van der Waals surface area contributed by atoms with E-state index in [-0.39, 0.29) is 11.3 Å². The summed E-state index contributed by atoms with van der Waals surface area (Å²) < 4.78 is 0. The van der Waals surface area contributed by atoms with Crippen molar-refractivity contribution in [3.63, 3.8) is 0 Å². The lowest BCUT2D eigenvalue weighted by molar-refractivity contribution is -0.155. The van der Waals surface area contributed by atoms with E-state index >= 15 is 0 Å². The Morgan fingerprint density at radius 3 is 2.51 bits per heavy atom. The maximum Gasteiger partial charge on any atom is 0.312 e. The van der Waals surface area contributed by atoms with Gasteiger partial charge in [0.25, 0.3) is 0 Å². The third-order valence-electron chi connectivity index (χ3n) is 9.79. The monoisotopic (exact) mass is 486 g/mol. The van der Waals surface area contributed by atoms with Crippen LogP contribution < -0.4 is 0 Å². The topological polar surface area (TPSA) is 98.0 Å². The third kappa shape index (κ3) is 5.38. The van der Waals surface area contributed by atoms with Crippen LogP contribution in [0.5, 0.6) is 0 Å². The van der Waals surface area contributed by atoms with Crippen LogP contribution in [0, 0.1) is 28.6 Å². The Hall–Kier alpha value is -1.69. The smallest absolute Gasteiger partial charge is 0.312 e. The lowest BCUT2D eigenvalue weighted by atomic mass is 9.61. The molecule has 0 unspecified atom stereocenters. The molecule has 0 radical (unpaired) electrons. The Morgan fingerprint density at radius 1 is 1.20 bits per heavy atom. The average molecular weight is 487 g/mol. The number of hydrogen-bond donors (Lipinski definition) is 4. The number of aliphatic hydroxyl groups excluding tert-OH is 3. The molecule has 3 fully saturated rings. The summed E-state index contributed by atoms with van der Waals surface area (Å²) >= 11 is 0. The van der Waals surface area contributed by atoms with E-state index in [2.05, 4.69) is 38.7 Å². The number of fused-ring (bicyclic) bond motifs is 1. The molecule has 4 N–H and O–H groups in total. The van der Waals surface area contributed by atoms with Crippen molar-refractivity contribution in [3.8, 4) is 0 Å². The SMILES string of the molecule is C=C1/C(=C\C=C2/CCC[C@]3(C)[C@@H]([C@H](C)/C=C/[C@@H](O)C(CC)(CC)C(=O)O)CC[C@@H]23)C[C@@H](O)C[C@@H]1O. The van der Waals surface area contributed by atoms with Crippen molar-refractivity contribution in [1.29, 1.82) is 0 Å². The maximum absolute atomic E-state index is 11.9. The van der Waals surface area contributed by atoms with Gasteiger partial charge in [0.15, 0.2) is 0 Å². The molecule has 0 spiro atoms. The molecular formula is C30H46O5. The molecule has 0 aliphatic heterocycles. The maximum atomic E-state index is 11.9. The molecule has 0 aromatic carbocycles. The van der Waals surface area contributed by atoms with E-state index in [4.69, 9.17) is 0 Å². The number of aliphatic carboxylic acids is 1. The molecule has 0 aromatic rings. The molecule has 0 amide bonds. The van der Waals surface area contributed by atoms with E-state index < -0.39 is 29.7 Å². The van der Waals surface area contributed by atoms with Crippen LogP contribution in [-0.4, -0.2) is 44.7 Å². The van der Waals surface area contributed by atoms with Crippen LogP contribution in [0.3, 0.4) is 0 Å². The molecule has 5 nitrogen and oxygen atoms in total. The van der Waals surface area contributed by atoms with Gasteiger partial charge in [0, 0.05) is 6.42 Å². The quantitative estimate of drug-likeness (QED) is 0.336. The summed E-state index contributed by atoms with van der Waals surface area (Å²) in [5.41, 5.74) is 2.17. The van der Waals surface area contributed by atoms with E-state index in [1.165, 1.54) is 12.0 Å². The van der Waals surface area contributed by atoms with Gasteiger partial charge in [-0.25, -0.2) is 0 Å². The van der Waals surface area contributed by atoms with Gasteiger partial charge >= 0.3 is 5.97 Å². The molecular weight excluding hydrogens is 440 g/mol. The van der Waals surface area contributed by atoms with E-state index in [0.717, 1.165) is 36.8 Å². The van der Waals surface area contributed by atoms with Crippen molar-refractivity contribution in [2.45, 2.75) is 104 Å². The molecule has 5 heteroatoms. The van der Waals surface area contributed by atoms with Gasteiger partial charge in [-0.05, 0) is 85.7 Å². The van der Waals surface area contributed by atoms with Gasteiger partial charge in [0.1, 0.15) is 0 Å². The van der Waals surface area contributed by atoms with Gasteiger partial charge in [-0.3, -0.25) is 4.79 Å². The number of carbonyl (C=O) groups is 1. The standard InChI is InChI=1S/C30H46O5/c1-6-30(7-2,28(34)35)27(33)15-10-19(3)24-13-14-25-21(9-8-16-29(24,25)5)11-12-22-17-23(31)18-26(32)20(22)4/h10-12,15,19,23-27,31-33H,4,6-9,13-14,16-18H2,1-3,5H3,(H,34,35)/b15-10+,21-11+,22-12-/t19-,23-,24-,25+,26+,27-,29-/m1/s1. The van der Waals surface area contributed by atoms with Crippen LogP contribution in [-0.2, 0) is 4.79 Å². The second-order valence-corrected chi connectivity index (χ2v) is 11.5. The first kappa shape index (κ1) is 27.9. The number of carboxylic acid groups (broad SMARTS) is 1. The molecule has 3 aliphatic rings. The number of carboxylic acids is 1. The molecule has 0 saturated heterocycles. The molecule has 0 bridgehead atoms. The summed E-state index contributed by atoms with van der Waals surface area (Å²) in [6.45, 7) is 12.3. The zero-order chi connectivity index (χ0) is 26.0. The first-order valence-electron chi connectivity index (χ1n) is 13.5. The highest BCUT2D eigenvalue weighted by molar-refractivity contribution is 5.75. The third-order valence-corrected chi connectivity index (χ3v) is 9.79. The summed E-state index contributed by atoms with van der Waals surface area (Å²) in [5, 5.41) is 40.8. The summed E-state index contributed by atoms with van der Waals surface area (Å²) in [6.07, 6.45) is 13.2. The van der Waals surface area contributed by atoms with Gasteiger partial charge in [0.2, 0.25) is 0 Å². The lowest BCUT2D eigenvalue weighted by Gasteiger charge is -2.44. The Balaban J connectivity index is 1.77. The summed E-state index contributed by atoms with van der Waals surface area (Å²) in [5.74, 6) is 0.288. The fraction of sp³-hybridized carbons (Fsp3) is 0.700. The highest BCUT2D eigenvalue weighted by Crippen LogP contribution is 2.59. The molecule has 35 heavy (non-hydrogen) atoms. The van der Waals surface area contributed by atoms with Crippen molar-refractivity contribution in [2.75, 3.05) is 0 Å². The molecule has 0 heterocycles. The van der Waals surface area contributed by atoms with E-state index in [1.807, 2.05) is 13.8 Å². The highest BCUT2D eigenvalue weighted by Gasteiger charge is 2.50. The molecule has 196 valence electrons. The number of hydrogen-bond acceptors (Lipinski definition) is 4. The number of allylic oxidation sites excluding steroid dienone is 4. The first-order valence-corrected chi connectivity index (χ1v) is 13.5. The van der Waals surface area contributed by atoms with Crippen LogP contribution in [0.2, 0.25) is 0 Å². The van der Waals surface area contributed by atoms with Gasteiger partial charge in [-0.15, -0.1) is 0 Å². The summed E-state index contributed by atoms with van der Waals surface area (Å²) in [6, 6.07) is 0. The Labute approximate surface area is 211 Å². The zero-order valence-corrected chi connectivity index (χ0v) is 22.0. The van der Waals surface area contributed by atoms with E-state index in [1.54, 1.807) is 6.08 Å². The lowest BCUT2D eigenvalue weighted by Crippen LogP contribution is -2.40. The van der Waals surface area contributed by atoms with Crippen molar-refractivity contribution < 1.29 is 25.2 Å². The highest BCUT2D eigenvalue weighted by atomic mass is 16.4. The van der Waals surface area contributed by atoms with Crippen molar-refractivity contribution in [3.05, 3.63) is 47.6 Å². The van der Waals surface area contributed by atoms with Crippen LogP contribution in [0.4, 0.5) is 0 Å². The van der Waals surface area contributed by atoms with Crippen molar-refractivity contribution >= 4 is 5.97 Å². The average Bonchev–Trinajstić information content (AvgIpc) is 3.17. The van der Waals surface area contributed by atoms with Crippen LogP contribution in [0.1, 0.15) is 85.5 Å². The van der Waals surface area contributed by atoms with Gasteiger partial charge in [-0.2, -0.15) is 0 Å². The van der Waals surface area contributed by atoms with Gasteiger partial charge in [-0.1, -0.05) is 64.2 Å². The fourth-order valence-corrected chi connectivity index (χ4v) is 7.30. The van der Waals surface area contributed by atoms with E-state index in [0.29, 0.717) is 37.5 Å². The van der Waals surface area contributed by atoms with Crippen LogP contribution in [0.25, 0.3) is 0 Å². The predicted octanol–water partition coefficient (Wildman–Crippen LogP) is 5.57. The van der Waals surface area contributed by atoms with E-state index in [9.17, 15) is 25.2 Å². The molecule has 3 saturated carbocycles.